The molecule has 0 aliphatic carbocycles. The molecule has 1 aliphatic rings. The highest BCUT2D eigenvalue weighted by atomic mass is 16.4. The average Bonchev–Trinajstić information content (AvgIpc) is 3.04. The largest absolute Gasteiger partial charge is 0.406 e. The number of rotatable bonds is 5. The number of para-hydroxylation sites is 1. The fourth-order valence-corrected chi connectivity index (χ4v) is 2.43. The molecule has 0 saturated heterocycles. The smallest absolute Gasteiger partial charge is 0.322 e. The molecular weight excluding hydrogens is 252 g/mol. The van der Waals surface area contributed by atoms with Gasteiger partial charge >= 0.3 is 6.01 Å². The minimum Gasteiger partial charge on any atom is -0.406 e. The van der Waals surface area contributed by atoms with Crippen molar-refractivity contribution in [2.75, 3.05) is 18.0 Å². The van der Waals surface area contributed by atoms with E-state index in [9.17, 15) is 0 Å². The van der Waals surface area contributed by atoms with Crippen molar-refractivity contribution in [3.63, 3.8) is 0 Å². The van der Waals surface area contributed by atoms with Crippen LogP contribution < -0.4 is 10.2 Å². The number of benzene rings is 1. The molecule has 0 amide bonds. The molecule has 2 aromatic rings. The van der Waals surface area contributed by atoms with Crippen molar-refractivity contribution >= 4 is 11.7 Å². The first-order valence-corrected chi connectivity index (χ1v) is 7.12. The SMILES string of the molecule is CC(C)CNCc1nnc(N2CCc3ccccc32)o1. The van der Waals surface area contributed by atoms with Crippen LogP contribution in [0.1, 0.15) is 25.3 Å². The molecule has 0 spiro atoms. The number of hydrogen-bond acceptors (Lipinski definition) is 5. The second kappa shape index (κ2) is 5.63. The van der Waals surface area contributed by atoms with E-state index in [1.807, 2.05) is 6.07 Å². The second-order valence-corrected chi connectivity index (χ2v) is 5.53. The molecule has 0 unspecified atom stereocenters. The summed E-state index contributed by atoms with van der Waals surface area (Å²) in [6, 6.07) is 8.95. The average molecular weight is 272 g/mol. The van der Waals surface area contributed by atoms with Crippen molar-refractivity contribution in [2.24, 2.45) is 5.92 Å². The van der Waals surface area contributed by atoms with Gasteiger partial charge < -0.3 is 9.73 Å². The van der Waals surface area contributed by atoms with Gasteiger partial charge in [-0.05, 0) is 30.5 Å². The lowest BCUT2D eigenvalue weighted by atomic mass is 10.2. The molecule has 1 N–H and O–H groups in total. The summed E-state index contributed by atoms with van der Waals surface area (Å²) in [7, 11) is 0. The number of fused-ring (bicyclic) bond motifs is 1. The van der Waals surface area contributed by atoms with Gasteiger partial charge in [-0.2, -0.15) is 0 Å². The molecule has 0 saturated carbocycles. The maximum atomic E-state index is 5.75. The van der Waals surface area contributed by atoms with Gasteiger partial charge in [-0.1, -0.05) is 37.1 Å². The molecule has 2 heterocycles. The summed E-state index contributed by atoms with van der Waals surface area (Å²) in [5.41, 5.74) is 2.52. The van der Waals surface area contributed by atoms with Gasteiger partial charge in [-0.3, -0.25) is 4.90 Å². The Labute approximate surface area is 119 Å². The van der Waals surface area contributed by atoms with Crippen LogP contribution in [0, 0.1) is 5.92 Å². The number of anilines is 2. The Morgan fingerprint density at radius 3 is 3.00 bits per heavy atom. The standard InChI is InChI=1S/C15H20N4O/c1-11(2)9-16-10-14-17-18-15(20-14)19-8-7-12-5-3-4-6-13(12)19/h3-6,11,16H,7-10H2,1-2H3. The quantitative estimate of drug-likeness (QED) is 0.906. The van der Waals surface area contributed by atoms with Crippen molar-refractivity contribution in [3.8, 4) is 0 Å². The summed E-state index contributed by atoms with van der Waals surface area (Å²) >= 11 is 0. The molecule has 1 aromatic carbocycles. The van der Waals surface area contributed by atoms with E-state index in [1.54, 1.807) is 0 Å². The van der Waals surface area contributed by atoms with E-state index in [0.29, 0.717) is 24.4 Å². The molecule has 3 rings (SSSR count). The van der Waals surface area contributed by atoms with Crippen molar-refractivity contribution < 1.29 is 4.42 Å². The zero-order valence-corrected chi connectivity index (χ0v) is 12.0. The lowest BCUT2D eigenvalue weighted by Gasteiger charge is -2.13. The molecule has 5 heteroatoms. The van der Waals surface area contributed by atoms with E-state index < -0.39 is 0 Å². The Kier molecular flexibility index (Phi) is 3.69. The topological polar surface area (TPSA) is 54.2 Å². The molecule has 0 radical (unpaired) electrons. The first-order chi connectivity index (χ1) is 9.74. The molecule has 0 atom stereocenters. The maximum absolute atomic E-state index is 5.75. The van der Waals surface area contributed by atoms with E-state index in [1.165, 1.54) is 11.3 Å². The van der Waals surface area contributed by atoms with Crippen LogP contribution >= 0.6 is 0 Å². The van der Waals surface area contributed by atoms with E-state index >= 15 is 0 Å². The van der Waals surface area contributed by atoms with Crippen LogP contribution in [0.5, 0.6) is 0 Å². The maximum Gasteiger partial charge on any atom is 0.322 e. The summed E-state index contributed by atoms with van der Waals surface area (Å²) < 4.78 is 5.75. The van der Waals surface area contributed by atoms with Gasteiger partial charge in [0, 0.05) is 12.2 Å². The fourth-order valence-electron chi connectivity index (χ4n) is 2.43. The van der Waals surface area contributed by atoms with Crippen molar-refractivity contribution in [1.29, 1.82) is 0 Å². The third-order valence-corrected chi connectivity index (χ3v) is 3.40. The zero-order chi connectivity index (χ0) is 13.9. The summed E-state index contributed by atoms with van der Waals surface area (Å²) in [6.45, 7) is 6.83. The Hall–Kier alpha value is -1.88. The second-order valence-electron chi connectivity index (χ2n) is 5.53. The van der Waals surface area contributed by atoms with Crippen LogP contribution in [0.4, 0.5) is 11.7 Å². The molecule has 1 aromatic heterocycles. The molecule has 0 fully saturated rings. The summed E-state index contributed by atoms with van der Waals surface area (Å²) in [4.78, 5) is 2.09. The molecule has 1 aliphatic heterocycles. The molecular formula is C15H20N4O. The van der Waals surface area contributed by atoms with Crippen molar-refractivity contribution in [1.82, 2.24) is 15.5 Å². The van der Waals surface area contributed by atoms with Crippen LogP contribution in [0.2, 0.25) is 0 Å². The normalized spacial score (nSPS) is 14.1. The Bertz CT molecular complexity index is 579. The monoisotopic (exact) mass is 272 g/mol. The number of hydrogen-bond donors (Lipinski definition) is 1. The number of aromatic nitrogens is 2. The van der Waals surface area contributed by atoms with Crippen LogP contribution in [-0.4, -0.2) is 23.3 Å². The lowest BCUT2D eigenvalue weighted by Crippen LogP contribution is -2.19. The molecule has 0 bridgehead atoms. The zero-order valence-electron chi connectivity index (χ0n) is 12.0. The predicted molar refractivity (Wildman–Crippen MR) is 78.0 cm³/mol. The minimum absolute atomic E-state index is 0.594. The summed E-state index contributed by atoms with van der Waals surface area (Å²) in [5, 5.41) is 11.6. The third kappa shape index (κ3) is 2.67. The van der Waals surface area contributed by atoms with E-state index in [4.69, 9.17) is 4.42 Å². The van der Waals surface area contributed by atoms with Crippen LogP contribution in [0.15, 0.2) is 28.7 Å². The first-order valence-electron chi connectivity index (χ1n) is 7.12. The van der Waals surface area contributed by atoms with Crippen LogP contribution in [-0.2, 0) is 13.0 Å². The van der Waals surface area contributed by atoms with E-state index in [2.05, 4.69) is 52.5 Å². The highest BCUT2D eigenvalue weighted by Gasteiger charge is 2.24. The Morgan fingerprint density at radius 1 is 1.30 bits per heavy atom. The van der Waals surface area contributed by atoms with Gasteiger partial charge in [-0.15, -0.1) is 5.10 Å². The van der Waals surface area contributed by atoms with Gasteiger partial charge in [0.2, 0.25) is 5.89 Å². The Balaban J connectivity index is 1.69. The van der Waals surface area contributed by atoms with Crippen molar-refractivity contribution in [2.45, 2.75) is 26.8 Å². The van der Waals surface area contributed by atoms with Gasteiger partial charge in [0.25, 0.3) is 0 Å². The molecule has 106 valence electrons. The van der Waals surface area contributed by atoms with Gasteiger partial charge in [-0.25, -0.2) is 0 Å². The summed E-state index contributed by atoms with van der Waals surface area (Å²) in [5.74, 6) is 1.26. The Morgan fingerprint density at radius 2 is 2.15 bits per heavy atom. The third-order valence-electron chi connectivity index (χ3n) is 3.40. The summed E-state index contributed by atoms with van der Waals surface area (Å²) in [6.07, 6.45) is 1.03. The number of nitrogens with zero attached hydrogens (tertiary/aromatic N) is 3. The van der Waals surface area contributed by atoms with E-state index in [0.717, 1.165) is 19.5 Å². The van der Waals surface area contributed by atoms with Crippen molar-refractivity contribution in [3.05, 3.63) is 35.7 Å². The predicted octanol–water partition coefficient (Wildman–Crippen LogP) is 2.51. The van der Waals surface area contributed by atoms with Gasteiger partial charge in [0.05, 0.1) is 6.54 Å². The fraction of sp³-hybridized carbons (Fsp3) is 0.467. The molecule has 20 heavy (non-hydrogen) atoms. The van der Waals surface area contributed by atoms with Gasteiger partial charge in [0.15, 0.2) is 0 Å². The van der Waals surface area contributed by atoms with Crippen LogP contribution in [0.3, 0.4) is 0 Å². The van der Waals surface area contributed by atoms with E-state index in [-0.39, 0.29) is 0 Å². The van der Waals surface area contributed by atoms with Crippen LogP contribution in [0.25, 0.3) is 0 Å². The number of nitrogens with one attached hydrogen (secondary N) is 1. The highest BCUT2D eigenvalue weighted by Crippen LogP contribution is 2.33. The highest BCUT2D eigenvalue weighted by molar-refractivity contribution is 5.64. The first kappa shape index (κ1) is 13.1. The van der Waals surface area contributed by atoms with Gasteiger partial charge in [0.1, 0.15) is 0 Å². The molecule has 5 nitrogen and oxygen atoms in total. The minimum atomic E-state index is 0.594. The lowest BCUT2D eigenvalue weighted by molar-refractivity contribution is 0.453.